The lowest BCUT2D eigenvalue weighted by molar-refractivity contribution is 0.0998. The molecule has 5 nitrogen and oxygen atoms in total. The summed E-state index contributed by atoms with van der Waals surface area (Å²) in [6.07, 6.45) is 0.634. The number of carbonyl (C=O) groups excluding carboxylic acids is 1. The molecule has 2 heterocycles. The highest BCUT2D eigenvalue weighted by molar-refractivity contribution is 7.15. The summed E-state index contributed by atoms with van der Waals surface area (Å²) in [4.78, 5) is 12.3. The van der Waals surface area contributed by atoms with E-state index in [-0.39, 0.29) is 11.7 Å². The van der Waals surface area contributed by atoms with Crippen LogP contribution in [0, 0.1) is 0 Å². The summed E-state index contributed by atoms with van der Waals surface area (Å²) in [6, 6.07) is 16.7. The number of para-hydroxylation sites is 1. The number of anilines is 1. The summed E-state index contributed by atoms with van der Waals surface area (Å²) in [6.45, 7) is 0. The molecule has 0 bridgehead atoms. The van der Waals surface area contributed by atoms with Gasteiger partial charge in [-0.15, -0.1) is 10.2 Å². The van der Waals surface area contributed by atoms with E-state index in [1.807, 2.05) is 48.5 Å². The van der Waals surface area contributed by atoms with Gasteiger partial charge in [0.25, 0.3) is 5.91 Å². The van der Waals surface area contributed by atoms with Gasteiger partial charge in [-0.2, -0.15) is 0 Å². The van der Waals surface area contributed by atoms with E-state index in [0.29, 0.717) is 22.2 Å². The highest BCUT2D eigenvalue weighted by Gasteiger charge is 2.15. The molecule has 4 aromatic rings. The van der Waals surface area contributed by atoms with Crippen molar-refractivity contribution in [2.45, 2.75) is 6.42 Å². The topological polar surface area (TPSA) is 68.0 Å². The molecule has 0 fully saturated rings. The number of amides is 1. The smallest absolute Gasteiger partial charge is 0.293 e. The first kappa shape index (κ1) is 15.8. The second-order valence-electron chi connectivity index (χ2n) is 5.41. The van der Waals surface area contributed by atoms with Crippen LogP contribution in [0.5, 0.6) is 0 Å². The Morgan fingerprint density at radius 1 is 1.12 bits per heavy atom. The van der Waals surface area contributed by atoms with Crippen molar-refractivity contribution in [3.8, 4) is 0 Å². The van der Waals surface area contributed by atoms with Crippen molar-refractivity contribution >= 4 is 44.9 Å². The van der Waals surface area contributed by atoms with Crippen LogP contribution in [0.15, 0.2) is 59.0 Å². The number of halogens is 1. The maximum absolute atomic E-state index is 12.3. The van der Waals surface area contributed by atoms with Gasteiger partial charge in [-0.3, -0.25) is 10.1 Å². The SMILES string of the molecule is O=C(Nc1nnc(Cc2ccc(Cl)cc2)s1)c1cc2ccccc2o1. The molecule has 2 aromatic heterocycles. The number of nitrogens with one attached hydrogen (secondary N) is 1. The van der Waals surface area contributed by atoms with Crippen LogP contribution in [0.3, 0.4) is 0 Å². The predicted octanol–water partition coefficient (Wildman–Crippen LogP) is 4.78. The maximum atomic E-state index is 12.3. The average Bonchev–Trinajstić information content (AvgIpc) is 3.23. The van der Waals surface area contributed by atoms with Gasteiger partial charge in [0, 0.05) is 16.8 Å². The molecule has 1 N–H and O–H groups in total. The van der Waals surface area contributed by atoms with Crippen LogP contribution < -0.4 is 5.32 Å². The Kier molecular flexibility index (Phi) is 4.21. The third kappa shape index (κ3) is 3.55. The Morgan fingerprint density at radius 2 is 1.92 bits per heavy atom. The third-order valence-corrected chi connectivity index (χ3v) is 4.70. The molecule has 0 saturated carbocycles. The van der Waals surface area contributed by atoms with Gasteiger partial charge in [0.15, 0.2) is 5.76 Å². The first-order valence-electron chi connectivity index (χ1n) is 7.54. The van der Waals surface area contributed by atoms with E-state index in [2.05, 4.69) is 15.5 Å². The number of furan rings is 1. The summed E-state index contributed by atoms with van der Waals surface area (Å²) in [7, 11) is 0. The van der Waals surface area contributed by atoms with E-state index < -0.39 is 0 Å². The van der Waals surface area contributed by atoms with Crippen LogP contribution in [-0.4, -0.2) is 16.1 Å². The largest absolute Gasteiger partial charge is 0.451 e. The highest BCUT2D eigenvalue weighted by atomic mass is 35.5. The van der Waals surface area contributed by atoms with E-state index >= 15 is 0 Å². The Hall–Kier alpha value is -2.70. The fraction of sp³-hybridized carbons (Fsp3) is 0.0556. The molecule has 2 aromatic carbocycles. The van der Waals surface area contributed by atoms with Crippen LogP contribution in [0.1, 0.15) is 21.1 Å². The van der Waals surface area contributed by atoms with Crippen LogP contribution in [0.2, 0.25) is 5.02 Å². The minimum Gasteiger partial charge on any atom is -0.451 e. The predicted molar refractivity (Wildman–Crippen MR) is 98.3 cm³/mol. The third-order valence-electron chi connectivity index (χ3n) is 3.61. The van der Waals surface area contributed by atoms with Crippen molar-refractivity contribution in [2.24, 2.45) is 0 Å². The van der Waals surface area contributed by atoms with Crippen LogP contribution in [0.25, 0.3) is 11.0 Å². The number of hydrogen-bond donors (Lipinski definition) is 1. The molecule has 0 aliphatic rings. The monoisotopic (exact) mass is 369 g/mol. The molecule has 0 saturated heterocycles. The molecular formula is C18H12ClN3O2S. The molecule has 0 radical (unpaired) electrons. The molecule has 0 spiro atoms. The first-order chi connectivity index (χ1) is 12.2. The number of fused-ring (bicyclic) bond motifs is 1. The van der Waals surface area contributed by atoms with Crippen molar-refractivity contribution in [3.63, 3.8) is 0 Å². The number of carbonyl (C=O) groups is 1. The van der Waals surface area contributed by atoms with Crippen molar-refractivity contribution in [1.29, 1.82) is 0 Å². The quantitative estimate of drug-likeness (QED) is 0.562. The van der Waals surface area contributed by atoms with E-state index in [0.717, 1.165) is 16.0 Å². The van der Waals surface area contributed by atoms with Crippen molar-refractivity contribution in [1.82, 2.24) is 10.2 Å². The zero-order valence-corrected chi connectivity index (χ0v) is 14.5. The minimum atomic E-state index is -0.342. The average molecular weight is 370 g/mol. The van der Waals surface area contributed by atoms with Crippen LogP contribution in [-0.2, 0) is 6.42 Å². The summed E-state index contributed by atoms with van der Waals surface area (Å²) in [5.74, 6) is -0.0963. The van der Waals surface area contributed by atoms with E-state index in [9.17, 15) is 4.79 Å². The van der Waals surface area contributed by atoms with Crippen molar-refractivity contribution in [3.05, 3.63) is 76.0 Å². The van der Waals surface area contributed by atoms with Crippen molar-refractivity contribution in [2.75, 3.05) is 5.32 Å². The van der Waals surface area contributed by atoms with E-state index in [4.69, 9.17) is 16.0 Å². The summed E-state index contributed by atoms with van der Waals surface area (Å²) in [5.41, 5.74) is 1.75. The van der Waals surface area contributed by atoms with Gasteiger partial charge in [-0.05, 0) is 29.8 Å². The number of aromatic nitrogens is 2. The van der Waals surface area contributed by atoms with Gasteiger partial charge in [0.1, 0.15) is 10.6 Å². The highest BCUT2D eigenvalue weighted by Crippen LogP contribution is 2.22. The number of hydrogen-bond acceptors (Lipinski definition) is 5. The molecule has 25 heavy (non-hydrogen) atoms. The Balaban J connectivity index is 1.46. The van der Waals surface area contributed by atoms with E-state index in [1.54, 1.807) is 6.07 Å². The van der Waals surface area contributed by atoms with Gasteiger partial charge >= 0.3 is 0 Å². The van der Waals surface area contributed by atoms with Gasteiger partial charge in [0.2, 0.25) is 5.13 Å². The van der Waals surface area contributed by atoms with Crippen LogP contribution in [0.4, 0.5) is 5.13 Å². The fourth-order valence-corrected chi connectivity index (χ4v) is 3.30. The standard InChI is InChI=1S/C18H12ClN3O2S/c19-13-7-5-11(6-8-13)9-16-21-22-18(25-16)20-17(23)15-10-12-3-1-2-4-14(12)24-15/h1-8,10H,9H2,(H,20,22,23). The van der Waals surface area contributed by atoms with Gasteiger partial charge < -0.3 is 4.42 Å². The molecule has 0 unspecified atom stereocenters. The zero-order valence-electron chi connectivity index (χ0n) is 12.9. The number of nitrogens with zero attached hydrogens (tertiary/aromatic N) is 2. The molecule has 124 valence electrons. The lowest BCUT2D eigenvalue weighted by atomic mass is 10.2. The molecule has 4 rings (SSSR count). The lowest BCUT2D eigenvalue weighted by Gasteiger charge is -1.97. The lowest BCUT2D eigenvalue weighted by Crippen LogP contribution is -2.10. The Bertz CT molecular complexity index is 1010. The first-order valence-corrected chi connectivity index (χ1v) is 8.73. The number of benzene rings is 2. The normalized spacial score (nSPS) is 10.9. The van der Waals surface area contributed by atoms with Gasteiger partial charge in [-0.1, -0.05) is 53.3 Å². The molecule has 0 aliphatic heterocycles. The molecule has 1 amide bonds. The van der Waals surface area contributed by atoms with Crippen molar-refractivity contribution < 1.29 is 9.21 Å². The summed E-state index contributed by atoms with van der Waals surface area (Å²) >= 11 is 7.21. The molecule has 0 aliphatic carbocycles. The minimum absolute atomic E-state index is 0.246. The summed E-state index contributed by atoms with van der Waals surface area (Å²) in [5, 5.41) is 13.7. The van der Waals surface area contributed by atoms with E-state index in [1.165, 1.54) is 11.3 Å². The molecular weight excluding hydrogens is 358 g/mol. The zero-order chi connectivity index (χ0) is 17.2. The maximum Gasteiger partial charge on any atom is 0.293 e. The van der Waals surface area contributed by atoms with Crippen LogP contribution >= 0.6 is 22.9 Å². The fourth-order valence-electron chi connectivity index (χ4n) is 2.40. The Labute approximate surface area is 152 Å². The van der Waals surface area contributed by atoms with Gasteiger partial charge in [0.05, 0.1) is 0 Å². The second-order valence-corrected chi connectivity index (χ2v) is 6.91. The second kappa shape index (κ2) is 6.66. The number of rotatable bonds is 4. The Morgan fingerprint density at radius 3 is 2.72 bits per heavy atom. The molecule has 0 atom stereocenters. The van der Waals surface area contributed by atoms with Gasteiger partial charge in [-0.25, -0.2) is 0 Å². The molecule has 7 heteroatoms. The summed E-state index contributed by atoms with van der Waals surface area (Å²) < 4.78 is 5.55.